The Labute approximate surface area is 170 Å². The topological polar surface area (TPSA) is 161 Å². The van der Waals surface area contributed by atoms with E-state index in [9.17, 15) is 19.5 Å². The third-order valence-electron chi connectivity index (χ3n) is 3.96. The Morgan fingerprint density at radius 3 is 2.69 bits per heavy atom. The molecule has 1 atom stereocenters. The van der Waals surface area contributed by atoms with E-state index >= 15 is 0 Å². The molecule has 0 saturated heterocycles. The Morgan fingerprint density at radius 2 is 2.07 bits per heavy atom. The SMILES string of the molecule is C[n+]1ccsc1/N=N/c1ccc(NC(=O)CCC(N)C(=O)O)cc1CCC(=O)[O-]. The minimum atomic E-state index is -1.20. The summed E-state index contributed by atoms with van der Waals surface area (Å²) in [7, 11) is 1.83. The average molecular weight is 419 g/mol. The van der Waals surface area contributed by atoms with Crippen molar-refractivity contribution in [3.8, 4) is 0 Å². The van der Waals surface area contributed by atoms with E-state index < -0.39 is 23.9 Å². The number of hydrogen-bond acceptors (Lipinski definition) is 8. The highest BCUT2D eigenvalue weighted by Crippen LogP contribution is 2.27. The first-order chi connectivity index (χ1) is 13.8. The number of carbonyl (C=O) groups is 3. The lowest BCUT2D eigenvalue weighted by molar-refractivity contribution is -0.654. The smallest absolute Gasteiger partial charge is 0.408 e. The fourth-order valence-electron chi connectivity index (χ4n) is 2.35. The number of aryl methyl sites for hydroxylation is 2. The standard InChI is InChI=1S/C18H21N5O5S/c1-23-8-9-29-18(23)22-21-14-5-3-12(10-11(14)2-7-16(25)26)20-15(24)6-4-13(19)17(27)28/h3,5,8-10,13H,2,4,6-7,19H2,1H3,(H2,25,26,27,28). The summed E-state index contributed by atoms with van der Waals surface area (Å²) in [5.74, 6) is -2.77. The number of carboxylic acids is 2. The fraction of sp³-hybridized carbons (Fsp3) is 0.333. The van der Waals surface area contributed by atoms with Crippen LogP contribution in [-0.2, 0) is 27.9 Å². The van der Waals surface area contributed by atoms with Crippen molar-refractivity contribution in [1.29, 1.82) is 0 Å². The number of rotatable bonds is 10. The molecule has 2 aromatic rings. The van der Waals surface area contributed by atoms with Crippen molar-refractivity contribution >= 4 is 45.7 Å². The molecule has 1 heterocycles. The number of thiazole rings is 1. The van der Waals surface area contributed by atoms with Crippen LogP contribution in [0.1, 0.15) is 24.8 Å². The lowest BCUT2D eigenvalue weighted by atomic mass is 10.1. The lowest BCUT2D eigenvalue weighted by Gasteiger charge is -2.10. The molecule has 0 bridgehead atoms. The van der Waals surface area contributed by atoms with E-state index in [0.29, 0.717) is 22.1 Å². The maximum atomic E-state index is 12.0. The second-order valence-corrected chi connectivity index (χ2v) is 7.12. The number of carboxylic acid groups (broad SMARTS) is 2. The van der Waals surface area contributed by atoms with Crippen LogP contribution in [0, 0.1) is 0 Å². The predicted molar refractivity (Wildman–Crippen MR) is 103 cm³/mol. The lowest BCUT2D eigenvalue weighted by Crippen LogP contribution is -2.31. The highest BCUT2D eigenvalue weighted by molar-refractivity contribution is 7.12. The number of aliphatic carboxylic acids is 2. The molecule has 1 aromatic heterocycles. The van der Waals surface area contributed by atoms with Crippen molar-refractivity contribution in [2.24, 2.45) is 23.0 Å². The van der Waals surface area contributed by atoms with Gasteiger partial charge in [-0.05, 0) is 59.5 Å². The summed E-state index contributed by atoms with van der Waals surface area (Å²) >= 11 is 1.40. The van der Waals surface area contributed by atoms with Crippen molar-refractivity contribution in [3.05, 3.63) is 35.3 Å². The number of hydrogen-bond donors (Lipinski definition) is 3. The van der Waals surface area contributed by atoms with Gasteiger partial charge in [0.15, 0.2) is 0 Å². The molecule has 0 aliphatic rings. The molecule has 0 spiro atoms. The van der Waals surface area contributed by atoms with Crippen LogP contribution < -0.4 is 20.7 Å². The molecule has 10 nitrogen and oxygen atoms in total. The number of nitrogens with two attached hydrogens (primary N) is 1. The number of aromatic nitrogens is 1. The van der Waals surface area contributed by atoms with Crippen LogP contribution in [0.25, 0.3) is 0 Å². The number of nitrogens with one attached hydrogen (secondary N) is 1. The number of carbonyl (C=O) groups excluding carboxylic acids is 2. The van der Waals surface area contributed by atoms with Crippen molar-refractivity contribution in [3.63, 3.8) is 0 Å². The first kappa shape index (κ1) is 22.1. The maximum absolute atomic E-state index is 12.0. The molecule has 0 aliphatic heterocycles. The summed E-state index contributed by atoms with van der Waals surface area (Å²) in [6.45, 7) is 0. The molecule has 0 saturated carbocycles. The van der Waals surface area contributed by atoms with E-state index in [4.69, 9.17) is 10.8 Å². The largest absolute Gasteiger partial charge is 0.550 e. The molecule has 29 heavy (non-hydrogen) atoms. The van der Waals surface area contributed by atoms with E-state index in [2.05, 4.69) is 15.5 Å². The van der Waals surface area contributed by atoms with E-state index in [0.717, 1.165) is 0 Å². The molecule has 11 heteroatoms. The summed E-state index contributed by atoms with van der Waals surface area (Å²) in [6.07, 6.45) is 1.73. The Balaban J connectivity index is 2.14. The van der Waals surface area contributed by atoms with Crippen molar-refractivity contribution in [2.75, 3.05) is 5.32 Å². The van der Waals surface area contributed by atoms with E-state index in [-0.39, 0.29) is 25.7 Å². The molecular weight excluding hydrogens is 398 g/mol. The first-order valence-corrected chi connectivity index (χ1v) is 9.60. The molecule has 0 fully saturated rings. The summed E-state index contributed by atoms with van der Waals surface area (Å²) in [6, 6.07) is 3.74. The predicted octanol–water partition coefficient (Wildman–Crippen LogP) is 0.801. The number of nitrogens with zero attached hydrogens (tertiary/aromatic N) is 3. The fourth-order valence-corrected chi connectivity index (χ4v) is 3.03. The minimum absolute atomic E-state index is 0.00281. The highest BCUT2D eigenvalue weighted by atomic mass is 32.1. The van der Waals surface area contributed by atoms with Gasteiger partial charge in [-0.3, -0.25) is 9.59 Å². The zero-order valence-corrected chi connectivity index (χ0v) is 16.5. The van der Waals surface area contributed by atoms with Gasteiger partial charge in [0.1, 0.15) is 17.9 Å². The number of anilines is 1. The van der Waals surface area contributed by atoms with Gasteiger partial charge in [-0.1, -0.05) is 0 Å². The molecular formula is C18H21N5O5S. The van der Waals surface area contributed by atoms with Crippen molar-refractivity contribution in [2.45, 2.75) is 31.7 Å². The molecule has 154 valence electrons. The van der Waals surface area contributed by atoms with Crippen LogP contribution in [-0.4, -0.2) is 29.0 Å². The molecule has 1 aromatic carbocycles. The monoisotopic (exact) mass is 419 g/mol. The summed E-state index contributed by atoms with van der Waals surface area (Å²) < 4.78 is 1.80. The second kappa shape index (κ2) is 10.4. The summed E-state index contributed by atoms with van der Waals surface area (Å²) in [5, 5.41) is 33.1. The van der Waals surface area contributed by atoms with Gasteiger partial charge in [0.2, 0.25) is 5.91 Å². The van der Waals surface area contributed by atoms with Crippen molar-refractivity contribution < 1.29 is 29.2 Å². The van der Waals surface area contributed by atoms with Crippen LogP contribution in [0.5, 0.6) is 0 Å². The van der Waals surface area contributed by atoms with Gasteiger partial charge < -0.3 is 26.1 Å². The van der Waals surface area contributed by atoms with Crippen LogP contribution in [0.4, 0.5) is 16.5 Å². The van der Waals surface area contributed by atoms with E-state index in [1.165, 1.54) is 11.3 Å². The third-order valence-corrected chi connectivity index (χ3v) is 4.80. The van der Waals surface area contributed by atoms with E-state index in [1.54, 1.807) is 22.8 Å². The van der Waals surface area contributed by atoms with Crippen LogP contribution in [0.3, 0.4) is 0 Å². The molecule has 0 aliphatic carbocycles. The van der Waals surface area contributed by atoms with Gasteiger partial charge in [0.05, 0.1) is 12.2 Å². The van der Waals surface area contributed by atoms with Crippen LogP contribution >= 0.6 is 11.3 Å². The van der Waals surface area contributed by atoms with Crippen LogP contribution in [0.15, 0.2) is 40.0 Å². The van der Waals surface area contributed by atoms with Gasteiger partial charge in [-0.25, -0.2) is 4.57 Å². The van der Waals surface area contributed by atoms with Gasteiger partial charge in [-0.15, -0.1) is 0 Å². The maximum Gasteiger partial charge on any atom is 0.408 e. The average Bonchev–Trinajstić information content (AvgIpc) is 3.08. The zero-order valence-electron chi connectivity index (χ0n) is 15.7. The Kier molecular flexibility index (Phi) is 7.92. The minimum Gasteiger partial charge on any atom is -0.550 e. The van der Waals surface area contributed by atoms with Gasteiger partial charge in [0, 0.05) is 23.5 Å². The molecule has 4 N–H and O–H groups in total. The Morgan fingerprint density at radius 1 is 1.31 bits per heavy atom. The second-order valence-electron chi connectivity index (χ2n) is 6.24. The summed E-state index contributed by atoms with van der Waals surface area (Å²) in [4.78, 5) is 33.6. The van der Waals surface area contributed by atoms with Gasteiger partial charge >= 0.3 is 11.1 Å². The highest BCUT2D eigenvalue weighted by Gasteiger charge is 2.15. The van der Waals surface area contributed by atoms with Gasteiger partial charge in [0.25, 0.3) is 0 Å². The molecule has 1 unspecified atom stereocenters. The molecule has 2 rings (SSSR count). The normalized spacial score (nSPS) is 12.1. The van der Waals surface area contributed by atoms with Crippen molar-refractivity contribution in [1.82, 2.24) is 0 Å². The quantitative estimate of drug-likeness (QED) is 0.381. The molecule has 1 amide bonds. The van der Waals surface area contributed by atoms with Gasteiger partial charge in [-0.2, -0.15) is 0 Å². The van der Waals surface area contributed by atoms with E-state index in [1.807, 2.05) is 18.6 Å². The number of amides is 1. The third kappa shape index (κ3) is 7.05. The first-order valence-electron chi connectivity index (χ1n) is 8.72. The Hall–Kier alpha value is -3.18. The Bertz CT molecular complexity index is 927. The zero-order chi connectivity index (χ0) is 21.4. The summed E-state index contributed by atoms with van der Waals surface area (Å²) in [5.41, 5.74) is 6.89. The number of azo groups is 1. The number of benzene rings is 1. The van der Waals surface area contributed by atoms with Crippen LogP contribution in [0.2, 0.25) is 0 Å². The molecule has 0 radical (unpaired) electrons.